The fourth-order valence-corrected chi connectivity index (χ4v) is 3.12. The van der Waals surface area contributed by atoms with Crippen molar-refractivity contribution < 1.29 is 4.79 Å². The summed E-state index contributed by atoms with van der Waals surface area (Å²) in [5.74, 6) is 0.621. The molecule has 0 spiro atoms. The van der Waals surface area contributed by atoms with Gasteiger partial charge in [-0.2, -0.15) is 0 Å². The van der Waals surface area contributed by atoms with E-state index in [2.05, 4.69) is 31.0 Å². The highest BCUT2D eigenvalue weighted by Gasteiger charge is 2.34. The lowest BCUT2D eigenvalue weighted by atomic mass is 9.91. The first kappa shape index (κ1) is 16.4. The summed E-state index contributed by atoms with van der Waals surface area (Å²) in [5, 5.41) is 3.32. The summed E-state index contributed by atoms with van der Waals surface area (Å²) in [4.78, 5) is 14.1. The second-order valence-corrected chi connectivity index (χ2v) is 6.50. The lowest BCUT2D eigenvalue weighted by Crippen LogP contribution is -2.61. The summed E-state index contributed by atoms with van der Waals surface area (Å²) in [6, 6.07) is 0.259. The van der Waals surface area contributed by atoms with Crippen molar-refractivity contribution >= 4 is 5.91 Å². The summed E-state index contributed by atoms with van der Waals surface area (Å²) in [6.07, 6.45) is 5.12. The summed E-state index contributed by atoms with van der Waals surface area (Å²) in [5.41, 5.74) is 4.96. The molecule has 1 amide bonds. The van der Waals surface area contributed by atoms with Crippen molar-refractivity contribution in [1.82, 2.24) is 10.2 Å². The maximum absolute atomic E-state index is 11.7. The van der Waals surface area contributed by atoms with Gasteiger partial charge >= 0.3 is 0 Å². The van der Waals surface area contributed by atoms with Crippen LogP contribution in [0.15, 0.2) is 0 Å². The molecule has 0 saturated carbocycles. The Morgan fingerprint density at radius 1 is 1.42 bits per heavy atom. The second kappa shape index (κ2) is 7.25. The van der Waals surface area contributed by atoms with Gasteiger partial charge in [0.25, 0.3) is 0 Å². The third-order valence-electron chi connectivity index (χ3n) is 4.09. The minimum absolute atomic E-state index is 0.253. The SMILES string of the molecule is CCCC1CCN(CC(C)(NC(C)C)C(N)=O)CC1. The largest absolute Gasteiger partial charge is 0.368 e. The van der Waals surface area contributed by atoms with Crippen LogP contribution in [0, 0.1) is 5.92 Å². The van der Waals surface area contributed by atoms with E-state index in [1.54, 1.807) is 0 Å². The lowest BCUT2D eigenvalue weighted by molar-refractivity contribution is -0.125. The Kier molecular flexibility index (Phi) is 6.27. The molecule has 4 nitrogen and oxygen atoms in total. The molecule has 1 unspecified atom stereocenters. The number of nitrogens with zero attached hydrogens (tertiary/aromatic N) is 1. The molecule has 0 bridgehead atoms. The van der Waals surface area contributed by atoms with Gasteiger partial charge in [0.1, 0.15) is 5.54 Å². The van der Waals surface area contributed by atoms with Crippen molar-refractivity contribution in [3.8, 4) is 0 Å². The number of nitrogens with two attached hydrogens (primary N) is 1. The van der Waals surface area contributed by atoms with Gasteiger partial charge in [0.15, 0.2) is 0 Å². The second-order valence-electron chi connectivity index (χ2n) is 6.50. The van der Waals surface area contributed by atoms with Crippen LogP contribution in [0.3, 0.4) is 0 Å². The summed E-state index contributed by atoms with van der Waals surface area (Å²) < 4.78 is 0. The molecule has 1 fully saturated rings. The molecule has 4 heteroatoms. The average molecular weight is 269 g/mol. The molecule has 0 radical (unpaired) electrons. The molecule has 1 aliphatic heterocycles. The third-order valence-corrected chi connectivity index (χ3v) is 4.09. The molecule has 1 rings (SSSR count). The standard InChI is InChI=1S/C15H31N3O/c1-5-6-13-7-9-18(10-8-13)11-15(4,14(16)19)17-12(2)3/h12-13,17H,5-11H2,1-4H3,(H2,16,19). The molecule has 112 valence electrons. The van der Waals surface area contributed by atoms with E-state index in [-0.39, 0.29) is 11.9 Å². The van der Waals surface area contributed by atoms with E-state index in [1.807, 2.05) is 6.92 Å². The number of carbonyl (C=O) groups is 1. The van der Waals surface area contributed by atoms with Crippen molar-refractivity contribution in [1.29, 1.82) is 0 Å². The zero-order valence-corrected chi connectivity index (χ0v) is 13.0. The Hall–Kier alpha value is -0.610. The fraction of sp³-hybridized carbons (Fsp3) is 0.933. The first-order chi connectivity index (χ1) is 8.87. The molecule has 1 atom stereocenters. The van der Waals surface area contributed by atoms with Gasteiger partial charge in [-0.25, -0.2) is 0 Å². The minimum Gasteiger partial charge on any atom is -0.368 e. The van der Waals surface area contributed by atoms with Gasteiger partial charge in [-0.3, -0.25) is 4.79 Å². The third kappa shape index (κ3) is 5.11. The Morgan fingerprint density at radius 3 is 2.42 bits per heavy atom. The van der Waals surface area contributed by atoms with Gasteiger partial charge in [0, 0.05) is 12.6 Å². The van der Waals surface area contributed by atoms with Gasteiger partial charge in [-0.05, 0) is 52.6 Å². The lowest BCUT2D eigenvalue weighted by Gasteiger charge is -2.39. The van der Waals surface area contributed by atoms with Crippen molar-refractivity contribution in [3.05, 3.63) is 0 Å². The average Bonchev–Trinajstić information content (AvgIpc) is 2.31. The van der Waals surface area contributed by atoms with E-state index >= 15 is 0 Å². The number of amides is 1. The van der Waals surface area contributed by atoms with Crippen LogP contribution in [0.5, 0.6) is 0 Å². The number of likely N-dealkylation sites (tertiary alicyclic amines) is 1. The number of piperidine rings is 1. The van der Waals surface area contributed by atoms with Crippen molar-refractivity contribution in [2.45, 2.75) is 65.0 Å². The Balaban J connectivity index is 2.50. The quantitative estimate of drug-likeness (QED) is 0.740. The van der Waals surface area contributed by atoms with E-state index in [1.165, 1.54) is 25.7 Å². The topological polar surface area (TPSA) is 58.4 Å². The number of hydrogen-bond acceptors (Lipinski definition) is 3. The van der Waals surface area contributed by atoms with Gasteiger partial charge in [0.2, 0.25) is 5.91 Å². The predicted octanol–water partition coefficient (Wildman–Crippen LogP) is 1.74. The van der Waals surface area contributed by atoms with Crippen LogP contribution in [0.2, 0.25) is 0 Å². The van der Waals surface area contributed by atoms with Crippen LogP contribution in [-0.2, 0) is 4.79 Å². The van der Waals surface area contributed by atoms with E-state index < -0.39 is 5.54 Å². The number of nitrogens with one attached hydrogen (secondary N) is 1. The van der Waals surface area contributed by atoms with E-state index in [0.29, 0.717) is 0 Å². The molecule has 1 aliphatic rings. The monoisotopic (exact) mass is 269 g/mol. The number of primary amides is 1. The molecule has 0 aromatic carbocycles. The molecule has 3 N–H and O–H groups in total. The number of rotatable bonds is 7. The number of carbonyl (C=O) groups excluding carboxylic acids is 1. The molecule has 1 saturated heterocycles. The summed E-state index contributed by atoms with van der Waals surface area (Å²) >= 11 is 0. The zero-order valence-electron chi connectivity index (χ0n) is 13.0. The molecule has 1 heterocycles. The van der Waals surface area contributed by atoms with E-state index in [4.69, 9.17) is 5.73 Å². The van der Waals surface area contributed by atoms with E-state index in [0.717, 1.165) is 25.6 Å². The van der Waals surface area contributed by atoms with E-state index in [9.17, 15) is 4.79 Å². The van der Waals surface area contributed by atoms with Crippen LogP contribution in [-0.4, -0.2) is 42.0 Å². The summed E-state index contributed by atoms with van der Waals surface area (Å²) in [6.45, 7) is 11.2. The van der Waals surface area contributed by atoms with Crippen molar-refractivity contribution in [3.63, 3.8) is 0 Å². The molecular formula is C15H31N3O. The molecule has 0 aromatic heterocycles. The van der Waals surface area contributed by atoms with Crippen molar-refractivity contribution in [2.75, 3.05) is 19.6 Å². The maximum atomic E-state index is 11.7. The smallest absolute Gasteiger partial charge is 0.238 e. The van der Waals surface area contributed by atoms with Crippen LogP contribution in [0.4, 0.5) is 0 Å². The normalized spacial score (nSPS) is 21.5. The van der Waals surface area contributed by atoms with Gasteiger partial charge in [-0.1, -0.05) is 19.8 Å². The zero-order chi connectivity index (χ0) is 14.5. The first-order valence-corrected chi connectivity index (χ1v) is 7.67. The fourth-order valence-electron chi connectivity index (χ4n) is 3.12. The highest BCUT2D eigenvalue weighted by atomic mass is 16.1. The molecular weight excluding hydrogens is 238 g/mol. The highest BCUT2D eigenvalue weighted by molar-refractivity contribution is 5.84. The van der Waals surface area contributed by atoms with Crippen LogP contribution in [0.1, 0.15) is 53.4 Å². The highest BCUT2D eigenvalue weighted by Crippen LogP contribution is 2.23. The molecule has 19 heavy (non-hydrogen) atoms. The number of hydrogen-bond donors (Lipinski definition) is 2. The van der Waals surface area contributed by atoms with Crippen LogP contribution >= 0.6 is 0 Å². The Bertz CT molecular complexity index is 285. The Morgan fingerprint density at radius 2 is 2.00 bits per heavy atom. The van der Waals surface area contributed by atoms with Gasteiger partial charge < -0.3 is 16.0 Å². The minimum atomic E-state index is -0.619. The predicted molar refractivity (Wildman–Crippen MR) is 79.9 cm³/mol. The van der Waals surface area contributed by atoms with Crippen LogP contribution in [0.25, 0.3) is 0 Å². The van der Waals surface area contributed by atoms with Crippen molar-refractivity contribution in [2.24, 2.45) is 11.7 Å². The van der Waals surface area contributed by atoms with Gasteiger partial charge in [0.05, 0.1) is 0 Å². The molecule has 0 aromatic rings. The Labute approximate surface area is 118 Å². The van der Waals surface area contributed by atoms with Gasteiger partial charge in [-0.15, -0.1) is 0 Å². The maximum Gasteiger partial charge on any atom is 0.238 e. The molecule has 0 aliphatic carbocycles. The summed E-state index contributed by atoms with van der Waals surface area (Å²) in [7, 11) is 0. The first-order valence-electron chi connectivity index (χ1n) is 7.67. The van der Waals surface area contributed by atoms with Crippen LogP contribution < -0.4 is 11.1 Å².